The summed E-state index contributed by atoms with van der Waals surface area (Å²) in [6.07, 6.45) is -0.434. The van der Waals surface area contributed by atoms with Crippen molar-refractivity contribution in [3.05, 3.63) is 52.2 Å². The third kappa shape index (κ3) is 2.53. The molecule has 3 rings (SSSR count). The number of hydrogen-bond donors (Lipinski definition) is 1. The molecule has 8 nitrogen and oxygen atoms in total. The summed E-state index contributed by atoms with van der Waals surface area (Å²) in [5.41, 5.74) is -0.135. The number of nitrogens with one attached hydrogen (secondary N) is 1. The van der Waals surface area contributed by atoms with Crippen LogP contribution in [-0.4, -0.2) is 25.6 Å². The molecule has 112 valence electrons. The van der Waals surface area contributed by atoms with Gasteiger partial charge in [0.05, 0.1) is 5.69 Å². The third-order valence-corrected chi connectivity index (χ3v) is 2.94. The van der Waals surface area contributed by atoms with E-state index in [0.29, 0.717) is 11.4 Å². The number of aromatic nitrogens is 4. The molecular formula is C14H11N4O4-. The summed E-state index contributed by atoms with van der Waals surface area (Å²) in [7, 11) is 0. The van der Waals surface area contributed by atoms with Gasteiger partial charge in [-0.05, 0) is 19.1 Å². The van der Waals surface area contributed by atoms with Crippen LogP contribution in [-0.2, 0) is 11.2 Å². The first-order chi connectivity index (χ1) is 10.5. The highest BCUT2D eigenvalue weighted by molar-refractivity contribution is 5.66. The lowest BCUT2D eigenvalue weighted by atomic mass is 10.3. The van der Waals surface area contributed by atoms with Crippen molar-refractivity contribution in [2.75, 3.05) is 0 Å². The van der Waals surface area contributed by atoms with Crippen molar-refractivity contribution in [3.8, 4) is 11.5 Å². The molecule has 1 N–H and O–H groups in total. The van der Waals surface area contributed by atoms with Crippen LogP contribution in [0.15, 0.2) is 35.1 Å². The number of fused-ring (bicyclic) bond motifs is 1. The van der Waals surface area contributed by atoms with Crippen molar-refractivity contribution in [1.82, 2.24) is 19.6 Å². The van der Waals surface area contributed by atoms with E-state index in [4.69, 9.17) is 4.74 Å². The summed E-state index contributed by atoms with van der Waals surface area (Å²) >= 11 is 0. The fourth-order valence-corrected chi connectivity index (χ4v) is 1.99. The van der Waals surface area contributed by atoms with E-state index in [9.17, 15) is 14.7 Å². The SMILES string of the molecule is Cc1nc2nc(CC(=O)[O-])[nH]n2c(=O)c1Oc1ccccc1. The Morgan fingerprint density at radius 2 is 2.05 bits per heavy atom. The van der Waals surface area contributed by atoms with Gasteiger partial charge in [0.25, 0.3) is 5.78 Å². The van der Waals surface area contributed by atoms with E-state index in [1.807, 2.05) is 6.07 Å². The lowest BCUT2D eigenvalue weighted by molar-refractivity contribution is -0.304. The highest BCUT2D eigenvalue weighted by Gasteiger charge is 2.15. The lowest BCUT2D eigenvalue weighted by Gasteiger charge is -2.06. The van der Waals surface area contributed by atoms with Crippen molar-refractivity contribution in [2.24, 2.45) is 0 Å². The summed E-state index contributed by atoms with van der Waals surface area (Å²) in [5, 5.41) is 13.2. The minimum absolute atomic E-state index is 0.0485. The number of para-hydroxylation sites is 1. The number of ether oxygens (including phenoxy) is 1. The summed E-state index contributed by atoms with van der Waals surface area (Å²) in [5.74, 6) is -0.587. The molecular weight excluding hydrogens is 288 g/mol. The molecule has 0 aliphatic carbocycles. The lowest BCUT2D eigenvalue weighted by Crippen LogP contribution is -2.25. The normalized spacial score (nSPS) is 10.8. The molecule has 0 fully saturated rings. The first-order valence-corrected chi connectivity index (χ1v) is 6.45. The molecule has 0 atom stereocenters. The molecule has 3 aromatic rings. The Labute approximate surface area is 124 Å². The average molecular weight is 299 g/mol. The number of hydrogen-bond acceptors (Lipinski definition) is 6. The first kappa shape index (κ1) is 13.8. The topological polar surface area (TPSA) is 112 Å². The van der Waals surface area contributed by atoms with Gasteiger partial charge in [-0.1, -0.05) is 18.2 Å². The number of H-pyrrole nitrogens is 1. The van der Waals surface area contributed by atoms with Gasteiger partial charge in [-0.15, -0.1) is 0 Å². The molecule has 0 aliphatic heterocycles. The van der Waals surface area contributed by atoms with Crippen molar-refractivity contribution in [1.29, 1.82) is 0 Å². The van der Waals surface area contributed by atoms with E-state index in [2.05, 4.69) is 15.1 Å². The quantitative estimate of drug-likeness (QED) is 0.714. The molecule has 0 amide bonds. The zero-order valence-electron chi connectivity index (χ0n) is 11.6. The second kappa shape index (κ2) is 5.32. The molecule has 0 unspecified atom stereocenters. The molecule has 0 spiro atoms. The van der Waals surface area contributed by atoms with Gasteiger partial charge < -0.3 is 14.6 Å². The molecule has 0 radical (unpaired) electrons. The average Bonchev–Trinajstić information content (AvgIpc) is 2.86. The summed E-state index contributed by atoms with van der Waals surface area (Å²) in [4.78, 5) is 31.1. The summed E-state index contributed by atoms with van der Waals surface area (Å²) < 4.78 is 6.61. The van der Waals surface area contributed by atoms with E-state index in [1.54, 1.807) is 31.2 Å². The number of aromatic amines is 1. The second-order valence-corrected chi connectivity index (χ2v) is 4.60. The van der Waals surface area contributed by atoms with Crippen LogP contribution in [0.25, 0.3) is 5.78 Å². The van der Waals surface area contributed by atoms with Gasteiger partial charge in [0.1, 0.15) is 11.6 Å². The van der Waals surface area contributed by atoms with E-state index in [0.717, 1.165) is 4.52 Å². The van der Waals surface area contributed by atoms with E-state index in [1.165, 1.54) is 0 Å². The van der Waals surface area contributed by atoms with Crippen LogP contribution in [0.5, 0.6) is 11.5 Å². The predicted octanol–water partition coefficient (Wildman–Crippen LogP) is -0.189. The largest absolute Gasteiger partial charge is 0.550 e. The Hall–Kier alpha value is -3.16. The van der Waals surface area contributed by atoms with Gasteiger partial charge in [0.15, 0.2) is 0 Å². The minimum atomic E-state index is -1.30. The molecule has 2 heterocycles. The number of carbonyl (C=O) groups is 1. The number of nitrogens with zero attached hydrogens (tertiary/aromatic N) is 3. The van der Waals surface area contributed by atoms with Gasteiger partial charge in [0.2, 0.25) is 5.75 Å². The number of carboxylic acids is 1. The van der Waals surface area contributed by atoms with Gasteiger partial charge in [-0.3, -0.25) is 9.89 Å². The van der Waals surface area contributed by atoms with Crippen LogP contribution < -0.4 is 15.4 Å². The van der Waals surface area contributed by atoms with Crippen LogP contribution in [0.1, 0.15) is 11.5 Å². The minimum Gasteiger partial charge on any atom is -0.550 e. The maximum absolute atomic E-state index is 12.4. The van der Waals surface area contributed by atoms with Crippen LogP contribution in [0, 0.1) is 6.92 Å². The van der Waals surface area contributed by atoms with E-state index < -0.39 is 17.9 Å². The van der Waals surface area contributed by atoms with Crippen LogP contribution in [0.4, 0.5) is 0 Å². The molecule has 0 saturated carbocycles. The van der Waals surface area contributed by atoms with Gasteiger partial charge >= 0.3 is 5.56 Å². The molecule has 8 heteroatoms. The predicted molar refractivity (Wildman–Crippen MR) is 73.6 cm³/mol. The van der Waals surface area contributed by atoms with Crippen molar-refractivity contribution in [2.45, 2.75) is 13.3 Å². The zero-order chi connectivity index (χ0) is 15.7. The molecule has 0 aliphatic rings. The smallest absolute Gasteiger partial charge is 0.317 e. The Morgan fingerprint density at radius 1 is 1.32 bits per heavy atom. The fraction of sp³-hybridized carbons (Fsp3) is 0.143. The first-order valence-electron chi connectivity index (χ1n) is 6.45. The van der Waals surface area contributed by atoms with Gasteiger partial charge in [-0.25, -0.2) is 4.98 Å². The Kier molecular flexibility index (Phi) is 3.34. The van der Waals surface area contributed by atoms with Crippen molar-refractivity contribution < 1.29 is 14.6 Å². The monoisotopic (exact) mass is 299 g/mol. The van der Waals surface area contributed by atoms with E-state index in [-0.39, 0.29) is 17.4 Å². The molecule has 22 heavy (non-hydrogen) atoms. The Balaban J connectivity index is 2.07. The van der Waals surface area contributed by atoms with Crippen molar-refractivity contribution in [3.63, 3.8) is 0 Å². The zero-order valence-corrected chi connectivity index (χ0v) is 11.6. The Bertz CT molecular complexity index is 898. The summed E-state index contributed by atoms with van der Waals surface area (Å²) in [6.45, 7) is 1.62. The second-order valence-electron chi connectivity index (χ2n) is 4.60. The van der Waals surface area contributed by atoms with Crippen LogP contribution in [0.3, 0.4) is 0 Å². The number of aliphatic carboxylic acids is 1. The molecule has 0 bridgehead atoms. The molecule has 2 aromatic heterocycles. The number of aryl methyl sites for hydroxylation is 1. The van der Waals surface area contributed by atoms with Gasteiger partial charge in [-0.2, -0.15) is 9.50 Å². The number of benzene rings is 1. The Morgan fingerprint density at radius 3 is 2.73 bits per heavy atom. The number of rotatable bonds is 4. The maximum atomic E-state index is 12.4. The maximum Gasteiger partial charge on any atom is 0.317 e. The van der Waals surface area contributed by atoms with E-state index >= 15 is 0 Å². The highest BCUT2D eigenvalue weighted by Crippen LogP contribution is 2.19. The highest BCUT2D eigenvalue weighted by atomic mass is 16.5. The molecule has 1 aromatic carbocycles. The van der Waals surface area contributed by atoms with Crippen LogP contribution in [0.2, 0.25) is 0 Å². The van der Waals surface area contributed by atoms with Crippen LogP contribution >= 0.6 is 0 Å². The number of carboxylic acid groups (broad SMARTS) is 1. The van der Waals surface area contributed by atoms with Crippen molar-refractivity contribution >= 4 is 11.7 Å². The van der Waals surface area contributed by atoms with Gasteiger partial charge in [0, 0.05) is 12.4 Å². The summed E-state index contributed by atoms with van der Waals surface area (Å²) in [6, 6.07) is 8.81. The standard InChI is InChI=1S/C14H12N4O4/c1-8-12(22-9-5-3-2-4-6-9)13(21)18-14(15-8)16-10(17-18)7-11(19)20/h2-6H,7H2,1H3,(H,19,20)(H,15,16,17)/p-1. The third-order valence-electron chi connectivity index (χ3n) is 2.94. The fourth-order valence-electron chi connectivity index (χ4n) is 1.99. The number of carbonyl (C=O) groups excluding carboxylic acids is 1. The molecule has 0 saturated heterocycles.